The van der Waals surface area contributed by atoms with E-state index in [0.717, 1.165) is 11.3 Å². The topological polar surface area (TPSA) is 136 Å². The number of hydrogen-bond donors (Lipinski definition) is 3. The third kappa shape index (κ3) is 4.66. The van der Waals surface area contributed by atoms with Crippen LogP contribution in [0.1, 0.15) is 46.0 Å². The Bertz CT molecular complexity index is 2070. The summed E-state index contributed by atoms with van der Waals surface area (Å²) in [6.45, 7) is 3.66. The Morgan fingerprint density at radius 2 is 1.76 bits per heavy atom. The van der Waals surface area contributed by atoms with Gasteiger partial charge in [-0.3, -0.25) is 19.1 Å². The number of hydrogen-bond acceptors (Lipinski definition) is 6. The first kappa shape index (κ1) is 25.5. The maximum Gasteiger partial charge on any atom is 0.362 e. The van der Waals surface area contributed by atoms with Gasteiger partial charge in [0.05, 0.1) is 28.3 Å². The van der Waals surface area contributed by atoms with Crippen molar-refractivity contribution in [2.24, 2.45) is 0 Å². The van der Waals surface area contributed by atoms with Gasteiger partial charge in [0, 0.05) is 23.4 Å². The van der Waals surface area contributed by atoms with Gasteiger partial charge in [-0.25, -0.2) is 10.1 Å². The number of nitrogens with zero attached hydrogens (tertiary/aromatic N) is 5. The van der Waals surface area contributed by atoms with Crippen molar-refractivity contribution in [2.75, 3.05) is 5.73 Å². The maximum absolute atomic E-state index is 14.2. The molecule has 1 unspecified atom stereocenters. The number of anilines is 1. The van der Waals surface area contributed by atoms with Crippen LogP contribution in [0, 0.1) is 18.8 Å². The number of amides is 1. The van der Waals surface area contributed by atoms with E-state index in [2.05, 4.69) is 32.2 Å². The fraction of sp³-hybridized carbons (Fsp3) is 0.0968. The number of fused-ring (bicyclic) bond motifs is 2. The number of pyridine rings is 1. The molecule has 0 radical (unpaired) electrons. The van der Waals surface area contributed by atoms with Crippen LogP contribution in [-0.4, -0.2) is 30.5 Å². The number of aromatic amines is 1. The highest BCUT2D eigenvalue weighted by Crippen LogP contribution is 2.21. The standard InChI is InChI=1S/C31H24N8O2/c1-19-21(10-7-16-33-19)14-15-22-9-6-13-24-25(22)31(41)39(23-11-4-3-5-12-23)28(36-24)20(2)35-30(40)26-27(32)37-38-18-8-17-34-29(26)38/h3-13,16-18,20H,1-2H3,(H3,32,35,37,40)/p+1. The summed E-state index contributed by atoms with van der Waals surface area (Å²) in [5, 5.41) is 6.24. The molecule has 0 aliphatic carbocycles. The SMILES string of the molecule is Cc1ncccc1C#Cc1cccc2nc(C(C)NC(=O)c3c(N)[nH][n+]4cccnc34)n(-c3ccccc3)c(=O)c12. The number of aryl methyl sites for hydroxylation is 1. The van der Waals surface area contributed by atoms with Crippen molar-refractivity contribution in [1.29, 1.82) is 0 Å². The number of nitrogen functional groups attached to an aromatic ring is 1. The monoisotopic (exact) mass is 541 g/mol. The van der Waals surface area contributed by atoms with Gasteiger partial charge in [0.15, 0.2) is 11.4 Å². The first-order valence-electron chi connectivity index (χ1n) is 12.9. The van der Waals surface area contributed by atoms with Crippen molar-refractivity contribution in [1.82, 2.24) is 29.9 Å². The van der Waals surface area contributed by atoms with Crippen LogP contribution in [0.5, 0.6) is 0 Å². The van der Waals surface area contributed by atoms with E-state index in [0.29, 0.717) is 33.6 Å². The number of nitrogens with one attached hydrogen (secondary N) is 2. The number of para-hydroxylation sites is 1. The van der Waals surface area contributed by atoms with E-state index < -0.39 is 11.9 Å². The van der Waals surface area contributed by atoms with Crippen molar-refractivity contribution in [3.63, 3.8) is 0 Å². The van der Waals surface area contributed by atoms with Crippen LogP contribution in [0.15, 0.2) is 90.1 Å². The van der Waals surface area contributed by atoms with E-state index in [1.165, 1.54) is 4.57 Å². The number of benzene rings is 2. The first-order chi connectivity index (χ1) is 19.9. The number of carbonyl (C=O) groups is 1. The molecule has 1 amide bonds. The third-order valence-electron chi connectivity index (χ3n) is 6.72. The molecule has 6 aromatic rings. The minimum atomic E-state index is -0.675. The van der Waals surface area contributed by atoms with Crippen LogP contribution >= 0.6 is 0 Å². The molecule has 0 fully saturated rings. The average Bonchev–Trinajstić information content (AvgIpc) is 3.32. The van der Waals surface area contributed by atoms with Gasteiger partial charge in [-0.05, 0) is 55.2 Å². The first-order valence-corrected chi connectivity index (χ1v) is 12.9. The molecule has 0 saturated carbocycles. The summed E-state index contributed by atoms with van der Waals surface area (Å²) in [7, 11) is 0. The fourth-order valence-corrected chi connectivity index (χ4v) is 4.73. The molecule has 10 nitrogen and oxygen atoms in total. The molecule has 1 atom stereocenters. The van der Waals surface area contributed by atoms with Gasteiger partial charge in [-0.2, -0.15) is 0 Å². The minimum Gasteiger partial charge on any atom is -0.382 e. The van der Waals surface area contributed by atoms with Gasteiger partial charge >= 0.3 is 5.65 Å². The molecular formula is C31H25N8O2+. The Labute approximate surface area is 234 Å². The summed E-state index contributed by atoms with van der Waals surface area (Å²) in [4.78, 5) is 41.1. The molecule has 4 aromatic heterocycles. The predicted molar refractivity (Wildman–Crippen MR) is 154 cm³/mol. The molecule has 0 spiro atoms. The zero-order chi connectivity index (χ0) is 28.5. The van der Waals surface area contributed by atoms with Crippen LogP contribution < -0.4 is 21.1 Å². The Hall–Kier alpha value is -5.82. The van der Waals surface area contributed by atoms with Crippen LogP contribution in [0.3, 0.4) is 0 Å². The highest BCUT2D eigenvalue weighted by atomic mass is 16.2. The lowest BCUT2D eigenvalue weighted by atomic mass is 10.1. The zero-order valence-electron chi connectivity index (χ0n) is 22.3. The van der Waals surface area contributed by atoms with Gasteiger partial charge in [0.1, 0.15) is 18.2 Å². The second-order valence-corrected chi connectivity index (χ2v) is 9.44. The lowest BCUT2D eigenvalue weighted by Gasteiger charge is -2.19. The van der Waals surface area contributed by atoms with Gasteiger partial charge in [0.25, 0.3) is 11.5 Å². The Balaban J connectivity index is 1.48. The second-order valence-electron chi connectivity index (χ2n) is 9.44. The van der Waals surface area contributed by atoms with Gasteiger partial charge in [0.2, 0.25) is 0 Å². The quantitative estimate of drug-likeness (QED) is 0.232. The van der Waals surface area contributed by atoms with Crippen molar-refractivity contribution < 1.29 is 9.31 Å². The summed E-state index contributed by atoms with van der Waals surface area (Å²) in [6, 6.07) is 19.3. The molecule has 4 heterocycles. The fourth-order valence-electron chi connectivity index (χ4n) is 4.73. The summed E-state index contributed by atoms with van der Waals surface area (Å²) >= 11 is 0. The number of H-pyrrole nitrogens is 1. The average molecular weight is 542 g/mol. The molecule has 41 heavy (non-hydrogen) atoms. The highest BCUT2D eigenvalue weighted by Gasteiger charge is 2.27. The van der Waals surface area contributed by atoms with Crippen LogP contribution in [0.25, 0.3) is 22.2 Å². The summed E-state index contributed by atoms with van der Waals surface area (Å²) < 4.78 is 3.08. The molecule has 0 aliphatic rings. The number of rotatable bonds is 4. The van der Waals surface area contributed by atoms with Crippen LogP contribution in [0.2, 0.25) is 0 Å². The van der Waals surface area contributed by atoms with Crippen LogP contribution in [0.4, 0.5) is 5.82 Å². The molecular weight excluding hydrogens is 516 g/mol. The molecule has 0 bridgehead atoms. The van der Waals surface area contributed by atoms with Crippen molar-refractivity contribution >= 4 is 28.3 Å². The van der Waals surface area contributed by atoms with Gasteiger partial charge < -0.3 is 11.1 Å². The maximum atomic E-state index is 14.2. The second kappa shape index (κ2) is 10.4. The lowest BCUT2D eigenvalue weighted by Crippen LogP contribution is -2.34. The van der Waals surface area contributed by atoms with E-state index >= 15 is 0 Å². The molecule has 0 saturated heterocycles. The van der Waals surface area contributed by atoms with E-state index in [9.17, 15) is 9.59 Å². The summed E-state index contributed by atoms with van der Waals surface area (Å²) in [5.74, 6) is 6.36. The zero-order valence-corrected chi connectivity index (χ0v) is 22.3. The number of carbonyl (C=O) groups excluding carboxylic acids is 1. The Morgan fingerprint density at radius 3 is 2.56 bits per heavy atom. The molecule has 4 N–H and O–H groups in total. The van der Waals surface area contributed by atoms with E-state index in [4.69, 9.17) is 10.7 Å². The van der Waals surface area contributed by atoms with Crippen LogP contribution in [-0.2, 0) is 0 Å². The molecule has 200 valence electrons. The molecule has 6 rings (SSSR count). The van der Waals surface area contributed by atoms with Crippen molar-refractivity contribution in [3.8, 4) is 17.5 Å². The van der Waals surface area contributed by atoms with Crippen molar-refractivity contribution in [2.45, 2.75) is 19.9 Å². The molecule has 10 heteroatoms. The smallest absolute Gasteiger partial charge is 0.362 e. The van der Waals surface area contributed by atoms with Gasteiger partial charge in [-0.1, -0.05) is 36.1 Å². The summed E-state index contributed by atoms with van der Waals surface area (Å²) in [5.41, 5.74) is 9.61. The molecule has 2 aromatic carbocycles. The largest absolute Gasteiger partial charge is 0.382 e. The number of aromatic nitrogens is 6. The lowest BCUT2D eigenvalue weighted by molar-refractivity contribution is -0.577. The normalized spacial score (nSPS) is 11.7. The Kier molecular flexibility index (Phi) is 6.45. The van der Waals surface area contributed by atoms with E-state index in [-0.39, 0.29) is 16.9 Å². The third-order valence-corrected chi connectivity index (χ3v) is 6.72. The van der Waals surface area contributed by atoms with Gasteiger partial charge in [-0.15, -0.1) is 4.52 Å². The summed E-state index contributed by atoms with van der Waals surface area (Å²) in [6.07, 6.45) is 5.01. The van der Waals surface area contributed by atoms with E-state index in [1.807, 2.05) is 55.5 Å². The molecule has 0 aliphatic heterocycles. The highest BCUT2D eigenvalue weighted by molar-refractivity contribution is 6.03. The van der Waals surface area contributed by atoms with Crippen molar-refractivity contribution in [3.05, 3.63) is 124 Å². The predicted octanol–water partition coefficient (Wildman–Crippen LogP) is 3.02. The Morgan fingerprint density at radius 1 is 1.00 bits per heavy atom. The number of nitrogens with two attached hydrogens (primary N) is 1. The minimum absolute atomic E-state index is 0.174. The van der Waals surface area contributed by atoms with E-state index in [1.54, 1.807) is 48.2 Å².